The molecule has 0 saturated carbocycles. The molecule has 0 aromatic carbocycles. The van der Waals surface area contributed by atoms with Gasteiger partial charge < -0.3 is 9.94 Å². The summed E-state index contributed by atoms with van der Waals surface area (Å²) in [5, 5.41) is 9.54. The molecule has 312 valence electrons. The van der Waals surface area contributed by atoms with Gasteiger partial charge in [0.25, 0.3) is 0 Å². The molecular formula is C44H82F2N2O5. The molecule has 1 amide bonds. The fourth-order valence-corrected chi connectivity index (χ4v) is 5.17. The summed E-state index contributed by atoms with van der Waals surface area (Å²) in [5.74, 6) is -1.34. The number of carbonyl (C=O) groups is 2. The molecule has 0 fully saturated rings. The van der Waals surface area contributed by atoms with Gasteiger partial charge in [-0.2, -0.15) is 0 Å². The Morgan fingerprint density at radius 1 is 0.604 bits per heavy atom. The van der Waals surface area contributed by atoms with E-state index in [1.54, 1.807) is 14.2 Å². The first-order chi connectivity index (χ1) is 25.7. The number of allylic oxidation sites excluding steroid dienone is 8. The molecule has 0 aromatic heterocycles. The Kier molecular flexibility index (Phi) is 49.4. The highest BCUT2D eigenvalue weighted by Gasteiger charge is 2.15. The summed E-state index contributed by atoms with van der Waals surface area (Å²) in [6, 6.07) is 0. The molecule has 0 saturated heterocycles. The molecule has 53 heavy (non-hydrogen) atoms. The van der Waals surface area contributed by atoms with Crippen molar-refractivity contribution in [3.05, 3.63) is 48.6 Å². The van der Waals surface area contributed by atoms with E-state index >= 15 is 0 Å². The highest BCUT2D eigenvalue weighted by Crippen LogP contribution is 2.15. The molecule has 0 heterocycles. The lowest BCUT2D eigenvalue weighted by Gasteiger charge is -2.15. The molecule has 0 aliphatic carbocycles. The normalized spacial score (nSPS) is 12.6. The number of hydroxylamine groups is 3. The minimum Gasteiger partial charge on any atom is -0.481 e. The first kappa shape index (κ1) is 55.0. The maximum atomic E-state index is 13.7. The summed E-state index contributed by atoms with van der Waals surface area (Å²) < 4.78 is 26.8. The predicted octanol–water partition coefficient (Wildman–Crippen LogP) is 12.9. The van der Waals surface area contributed by atoms with E-state index in [0.29, 0.717) is 12.8 Å². The summed E-state index contributed by atoms with van der Waals surface area (Å²) in [7, 11) is 6.19. The average molecular weight is 757 g/mol. The van der Waals surface area contributed by atoms with E-state index < -0.39 is 18.3 Å². The lowest BCUT2D eigenvalue weighted by Crippen LogP contribution is -2.27. The van der Waals surface area contributed by atoms with Crippen molar-refractivity contribution in [2.45, 2.75) is 193 Å². The highest BCUT2D eigenvalue weighted by molar-refractivity contribution is 5.75. The zero-order valence-electron chi connectivity index (χ0n) is 34.9. The van der Waals surface area contributed by atoms with E-state index in [4.69, 9.17) is 9.94 Å². The third-order valence-corrected chi connectivity index (χ3v) is 8.56. The number of nitrogens with one attached hydrogen (secondary N) is 1. The van der Waals surface area contributed by atoms with E-state index in [1.165, 1.54) is 91.2 Å². The molecule has 0 spiro atoms. The Hall–Kier alpha value is -2.36. The lowest BCUT2D eigenvalue weighted by atomic mass is 10.1. The van der Waals surface area contributed by atoms with Crippen LogP contribution in [-0.4, -0.2) is 62.7 Å². The number of carbonyl (C=O) groups excluding carboxylic acids is 1. The Morgan fingerprint density at radius 2 is 0.943 bits per heavy atom. The van der Waals surface area contributed by atoms with E-state index in [2.05, 4.69) is 72.8 Å². The molecule has 0 aromatic rings. The van der Waals surface area contributed by atoms with Crippen LogP contribution in [0.2, 0.25) is 0 Å². The zero-order chi connectivity index (χ0) is 40.0. The van der Waals surface area contributed by atoms with Crippen molar-refractivity contribution in [3.8, 4) is 0 Å². The Bertz CT molecular complexity index is 880. The quantitative estimate of drug-likeness (QED) is 0.0386. The second kappa shape index (κ2) is 47.7. The van der Waals surface area contributed by atoms with E-state index in [1.807, 2.05) is 0 Å². The van der Waals surface area contributed by atoms with Crippen LogP contribution in [0.15, 0.2) is 48.6 Å². The van der Waals surface area contributed by atoms with Gasteiger partial charge in [-0.3, -0.25) is 14.4 Å². The molecule has 0 aliphatic heterocycles. The summed E-state index contributed by atoms with van der Waals surface area (Å²) in [5.41, 5.74) is 2.43. The third-order valence-electron chi connectivity index (χ3n) is 8.56. The van der Waals surface area contributed by atoms with Gasteiger partial charge >= 0.3 is 5.97 Å². The van der Waals surface area contributed by atoms with Crippen LogP contribution in [0.1, 0.15) is 181 Å². The summed E-state index contributed by atoms with van der Waals surface area (Å²) in [6.45, 7) is 4.46. The number of amides is 1. The number of alkyl halides is 2. The van der Waals surface area contributed by atoms with Crippen LogP contribution in [-0.2, 0) is 19.3 Å². The molecule has 2 unspecified atom stereocenters. The smallest absolute Gasteiger partial charge is 0.306 e. The number of hydrogen-bond donors (Lipinski definition) is 2. The van der Waals surface area contributed by atoms with E-state index in [9.17, 15) is 18.4 Å². The highest BCUT2D eigenvalue weighted by atomic mass is 19.1. The third kappa shape index (κ3) is 51.8. The monoisotopic (exact) mass is 757 g/mol. The van der Waals surface area contributed by atoms with Crippen molar-refractivity contribution in [3.63, 3.8) is 0 Å². The second-order valence-corrected chi connectivity index (χ2v) is 13.5. The topological polar surface area (TPSA) is 88.1 Å². The van der Waals surface area contributed by atoms with Crippen LogP contribution in [0.3, 0.4) is 0 Å². The zero-order valence-corrected chi connectivity index (χ0v) is 34.9. The van der Waals surface area contributed by atoms with Crippen LogP contribution in [0, 0.1) is 0 Å². The van der Waals surface area contributed by atoms with Crippen LogP contribution in [0.5, 0.6) is 0 Å². The molecule has 9 heteroatoms. The van der Waals surface area contributed by atoms with Crippen molar-refractivity contribution >= 4 is 11.9 Å². The summed E-state index contributed by atoms with van der Waals surface area (Å²) >= 11 is 0. The number of halogens is 2. The summed E-state index contributed by atoms with van der Waals surface area (Å²) in [4.78, 5) is 30.9. The van der Waals surface area contributed by atoms with Crippen molar-refractivity contribution in [1.29, 1.82) is 0 Å². The van der Waals surface area contributed by atoms with Gasteiger partial charge in [-0.1, -0.05) is 140 Å². The van der Waals surface area contributed by atoms with Crippen molar-refractivity contribution in [1.82, 2.24) is 10.5 Å². The van der Waals surface area contributed by atoms with E-state index in [-0.39, 0.29) is 18.7 Å². The fraction of sp³-hybridized carbons (Fsp3) is 0.773. The van der Waals surface area contributed by atoms with Crippen LogP contribution in [0.4, 0.5) is 8.78 Å². The number of unbranched alkanes of at least 4 members (excludes halogenated alkanes) is 16. The average Bonchev–Trinajstić information content (AvgIpc) is 3.14. The van der Waals surface area contributed by atoms with E-state index in [0.717, 1.165) is 69.3 Å². The fourth-order valence-electron chi connectivity index (χ4n) is 5.17. The molecule has 0 bridgehead atoms. The Morgan fingerprint density at radius 3 is 1.28 bits per heavy atom. The Labute approximate surface area is 325 Å². The SMILES string of the molecule is CCCCC/C=C\C/C=C\CCCCCCCC(F)CC(=O)N(C)OC.CCCCC/C=C\C/C=C\CCCCCCCC(F)CC(=O)O.CNOC. The second-order valence-electron chi connectivity index (χ2n) is 13.5. The number of rotatable bonds is 34. The van der Waals surface area contributed by atoms with Crippen LogP contribution in [0.25, 0.3) is 0 Å². The van der Waals surface area contributed by atoms with Gasteiger partial charge in [0.15, 0.2) is 0 Å². The van der Waals surface area contributed by atoms with Gasteiger partial charge in [-0.05, 0) is 77.0 Å². The van der Waals surface area contributed by atoms with Crippen molar-refractivity contribution < 1.29 is 33.2 Å². The van der Waals surface area contributed by atoms with Crippen molar-refractivity contribution in [2.75, 3.05) is 28.3 Å². The molecular weight excluding hydrogens is 674 g/mol. The molecule has 2 N–H and O–H groups in total. The van der Waals surface area contributed by atoms with Gasteiger partial charge in [-0.25, -0.2) is 19.3 Å². The van der Waals surface area contributed by atoms with Crippen LogP contribution < -0.4 is 5.48 Å². The minimum atomic E-state index is -1.18. The molecule has 7 nitrogen and oxygen atoms in total. The molecule has 0 rings (SSSR count). The number of aliphatic carboxylic acids is 1. The number of carboxylic acids is 1. The summed E-state index contributed by atoms with van der Waals surface area (Å²) in [6.07, 6.45) is 41.5. The largest absolute Gasteiger partial charge is 0.481 e. The minimum absolute atomic E-state index is 0.0812. The van der Waals surface area contributed by atoms with Gasteiger partial charge in [0.2, 0.25) is 5.91 Å². The molecule has 2 atom stereocenters. The maximum Gasteiger partial charge on any atom is 0.306 e. The first-order valence-electron chi connectivity index (χ1n) is 20.8. The first-order valence-corrected chi connectivity index (χ1v) is 20.8. The predicted molar refractivity (Wildman–Crippen MR) is 221 cm³/mol. The van der Waals surface area contributed by atoms with Gasteiger partial charge in [0.1, 0.15) is 12.3 Å². The maximum absolute atomic E-state index is 13.7. The standard InChI is InChI=1S/C22H40FNO2.C20H35FO2.C2H7NO/c1-4-5-6-7-8-9-10-11-12-13-14-15-16-17-18-19-21(23)20-22(25)24(2)26-3;1-2-3-4-5-6-7-8-9-10-11-12-13-14-15-16-17-19(21)18-20(22)23;1-3-4-2/h8-9,11-12,21H,4-7,10,13-20H2,1-3H3;6-7,9-10,19H,2-5,8,11-18H2,1H3,(H,22,23);3H,1-2H3/b9-8-,12-11-;7-6-,10-9-;. The van der Waals surface area contributed by atoms with Crippen LogP contribution >= 0.6 is 0 Å². The molecule has 0 radical (unpaired) electrons. The lowest BCUT2D eigenvalue weighted by molar-refractivity contribution is -0.169. The Balaban J connectivity index is -0.000000860. The number of carboxylic acid groups (broad SMARTS) is 1. The van der Waals surface area contributed by atoms with Crippen molar-refractivity contribution in [2.24, 2.45) is 0 Å². The molecule has 0 aliphatic rings. The number of hydrogen-bond acceptors (Lipinski definition) is 5. The van der Waals surface area contributed by atoms with Gasteiger partial charge in [0, 0.05) is 14.1 Å². The van der Waals surface area contributed by atoms with Gasteiger partial charge in [0.05, 0.1) is 27.1 Å². The number of nitrogens with zero attached hydrogens (tertiary/aromatic N) is 1. The van der Waals surface area contributed by atoms with Gasteiger partial charge in [-0.15, -0.1) is 0 Å².